The number of carbonyl (C=O) groups is 1. The Morgan fingerprint density at radius 2 is 1.83 bits per heavy atom. The minimum atomic E-state index is -0.270. The van der Waals surface area contributed by atoms with Gasteiger partial charge in [-0.15, -0.1) is 0 Å². The van der Waals surface area contributed by atoms with Gasteiger partial charge in [0.1, 0.15) is 0 Å². The molecule has 2 amide bonds. The first-order chi connectivity index (χ1) is 8.58. The fraction of sp³-hybridized carbons (Fsp3) is 0.929. The highest BCUT2D eigenvalue weighted by Crippen LogP contribution is 2.30. The maximum atomic E-state index is 11.1. The molecule has 0 bridgehead atoms. The Balaban J connectivity index is 1.79. The molecule has 3 N–H and O–H groups in total. The monoisotopic (exact) mass is 253 g/mol. The van der Waals surface area contributed by atoms with Gasteiger partial charge in [-0.3, -0.25) is 0 Å². The molecule has 0 spiro atoms. The van der Waals surface area contributed by atoms with Crippen LogP contribution in [0.15, 0.2) is 0 Å². The molecule has 4 nitrogen and oxygen atoms in total. The number of piperidine rings is 1. The molecule has 1 saturated carbocycles. The maximum Gasteiger partial charge on any atom is 0.314 e. The van der Waals surface area contributed by atoms with E-state index in [4.69, 9.17) is 5.73 Å². The largest absolute Gasteiger partial charge is 0.351 e. The second kappa shape index (κ2) is 5.91. The van der Waals surface area contributed by atoms with Gasteiger partial charge in [0, 0.05) is 25.2 Å². The molecule has 104 valence electrons. The normalized spacial score (nSPS) is 34.6. The number of primary amides is 1. The zero-order chi connectivity index (χ0) is 13.1. The minimum absolute atomic E-state index is 0.270. The number of nitrogens with one attached hydrogen (secondary N) is 1. The van der Waals surface area contributed by atoms with Crippen LogP contribution in [0.5, 0.6) is 0 Å². The third kappa shape index (κ3) is 3.16. The number of amides is 2. The molecule has 0 aromatic rings. The molecule has 0 radical (unpaired) electrons. The molecule has 3 unspecified atom stereocenters. The Labute approximate surface area is 110 Å². The van der Waals surface area contributed by atoms with Crippen LogP contribution in [0.3, 0.4) is 0 Å². The maximum absolute atomic E-state index is 11.1. The van der Waals surface area contributed by atoms with Crippen molar-refractivity contribution in [1.82, 2.24) is 10.2 Å². The number of hydrogen-bond donors (Lipinski definition) is 2. The summed E-state index contributed by atoms with van der Waals surface area (Å²) in [5.41, 5.74) is 5.30. The molecule has 4 heteroatoms. The van der Waals surface area contributed by atoms with Crippen molar-refractivity contribution in [2.75, 3.05) is 13.1 Å². The van der Waals surface area contributed by atoms with E-state index < -0.39 is 0 Å². The summed E-state index contributed by atoms with van der Waals surface area (Å²) in [6.07, 6.45) is 6.12. The van der Waals surface area contributed by atoms with E-state index in [0.29, 0.717) is 12.1 Å². The molecule has 2 fully saturated rings. The Hall–Kier alpha value is -0.770. The molecular formula is C14H27N3O. The first-order valence-electron chi connectivity index (χ1n) is 7.38. The van der Waals surface area contributed by atoms with Gasteiger partial charge in [0.25, 0.3) is 0 Å². The van der Waals surface area contributed by atoms with Crippen molar-refractivity contribution in [3.63, 3.8) is 0 Å². The lowest BCUT2D eigenvalue weighted by atomic mass is 9.77. The topological polar surface area (TPSA) is 58.4 Å². The summed E-state index contributed by atoms with van der Waals surface area (Å²) >= 11 is 0. The fourth-order valence-corrected chi connectivity index (χ4v) is 3.39. The van der Waals surface area contributed by atoms with E-state index in [1.54, 1.807) is 4.90 Å². The van der Waals surface area contributed by atoms with Crippen LogP contribution in [0, 0.1) is 11.8 Å². The van der Waals surface area contributed by atoms with Gasteiger partial charge in [0.2, 0.25) is 0 Å². The second-order valence-corrected chi connectivity index (χ2v) is 6.14. The van der Waals surface area contributed by atoms with Gasteiger partial charge in [-0.25, -0.2) is 4.79 Å². The standard InChI is InChI=1S/C14H27N3O/c1-10-4-3-5-13(11(10)2)16-12-6-8-17(9-7-12)14(15)18/h10-13,16H,3-9H2,1-2H3,(H2,15,18). The predicted octanol–water partition coefficient (Wildman–Crippen LogP) is 1.94. The van der Waals surface area contributed by atoms with Crippen LogP contribution in [0.1, 0.15) is 46.0 Å². The zero-order valence-electron chi connectivity index (χ0n) is 11.7. The average Bonchev–Trinajstić information content (AvgIpc) is 2.36. The van der Waals surface area contributed by atoms with Crippen LogP contribution in [0.2, 0.25) is 0 Å². The van der Waals surface area contributed by atoms with Crippen LogP contribution in [-0.2, 0) is 0 Å². The van der Waals surface area contributed by atoms with Crippen molar-refractivity contribution in [1.29, 1.82) is 0 Å². The number of likely N-dealkylation sites (tertiary alicyclic amines) is 1. The van der Waals surface area contributed by atoms with E-state index in [2.05, 4.69) is 19.2 Å². The van der Waals surface area contributed by atoms with Gasteiger partial charge in [-0.05, 0) is 31.1 Å². The minimum Gasteiger partial charge on any atom is -0.351 e. The van der Waals surface area contributed by atoms with Crippen molar-refractivity contribution < 1.29 is 4.79 Å². The van der Waals surface area contributed by atoms with E-state index in [-0.39, 0.29) is 6.03 Å². The summed E-state index contributed by atoms with van der Waals surface area (Å²) in [7, 11) is 0. The van der Waals surface area contributed by atoms with Gasteiger partial charge in [-0.1, -0.05) is 26.7 Å². The van der Waals surface area contributed by atoms with E-state index in [1.807, 2.05) is 0 Å². The number of nitrogens with zero attached hydrogens (tertiary/aromatic N) is 1. The van der Waals surface area contributed by atoms with E-state index in [1.165, 1.54) is 19.3 Å². The lowest BCUT2D eigenvalue weighted by molar-refractivity contribution is 0.156. The quantitative estimate of drug-likeness (QED) is 0.790. The Bertz CT molecular complexity index is 287. The first-order valence-corrected chi connectivity index (χ1v) is 7.38. The molecule has 1 heterocycles. The van der Waals surface area contributed by atoms with Crippen molar-refractivity contribution in [3.05, 3.63) is 0 Å². The highest BCUT2D eigenvalue weighted by molar-refractivity contribution is 5.72. The van der Waals surface area contributed by atoms with Crippen molar-refractivity contribution >= 4 is 6.03 Å². The van der Waals surface area contributed by atoms with Gasteiger partial charge < -0.3 is 16.0 Å². The molecule has 1 saturated heterocycles. The van der Waals surface area contributed by atoms with Crippen LogP contribution in [0.25, 0.3) is 0 Å². The van der Waals surface area contributed by atoms with Crippen molar-refractivity contribution in [2.45, 2.75) is 58.0 Å². The Morgan fingerprint density at radius 1 is 1.17 bits per heavy atom. The highest BCUT2D eigenvalue weighted by Gasteiger charge is 2.30. The molecule has 1 aliphatic heterocycles. The summed E-state index contributed by atoms with van der Waals surface area (Å²) < 4.78 is 0. The average molecular weight is 253 g/mol. The van der Waals surface area contributed by atoms with E-state index in [0.717, 1.165) is 37.8 Å². The van der Waals surface area contributed by atoms with Gasteiger partial charge in [0.15, 0.2) is 0 Å². The molecule has 0 aromatic carbocycles. The van der Waals surface area contributed by atoms with Crippen LogP contribution < -0.4 is 11.1 Å². The SMILES string of the molecule is CC1CCCC(NC2CCN(C(N)=O)CC2)C1C. The number of hydrogen-bond acceptors (Lipinski definition) is 2. The zero-order valence-corrected chi connectivity index (χ0v) is 11.7. The summed E-state index contributed by atoms with van der Waals surface area (Å²) in [5.74, 6) is 1.61. The number of rotatable bonds is 2. The lowest BCUT2D eigenvalue weighted by Gasteiger charge is -2.39. The van der Waals surface area contributed by atoms with E-state index in [9.17, 15) is 4.79 Å². The van der Waals surface area contributed by atoms with Crippen molar-refractivity contribution in [2.24, 2.45) is 17.6 Å². The van der Waals surface area contributed by atoms with Crippen LogP contribution in [-0.4, -0.2) is 36.1 Å². The molecule has 3 atom stereocenters. The van der Waals surface area contributed by atoms with Gasteiger partial charge in [-0.2, -0.15) is 0 Å². The first kappa shape index (κ1) is 13.7. The fourth-order valence-electron chi connectivity index (χ4n) is 3.39. The number of nitrogens with two attached hydrogens (primary N) is 1. The summed E-state index contributed by atoms with van der Waals surface area (Å²) in [4.78, 5) is 12.8. The molecule has 1 aliphatic carbocycles. The Morgan fingerprint density at radius 3 is 2.44 bits per heavy atom. The van der Waals surface area contributed by atoms with Gasteiger partial charge in [0.05, 0.1) is 0 Å². The third-order valence-electron chi connectivity index (χ3n) is 4.96. The summed E-state index contributed by atoms with van der Waals surface area (Å²) in [6.45, 7) is 6.36. The molecule has 0 aromatic heterocycles. The molecular weight excluding hydrogens is 226 g/mol. The second-order valence-electron chi connectivity index (χ2n) is 6.14. The Kier molecular flexibility index (Phi) is 4.49. The lowest BCUT2D eigenvalue weighted by Crippen LogP contribution is -2.51. The smallest absolute Gasteiger partial charge is 0.314 e. The molecule has 18 heavy (non-hydrogen) atoms. The highest BCUT2D eigenvalue weighted by atomic mass is 16.2. The summed E-state index contributed by atoms with van der Waals surface area (Å²) in [6, 6.07) is 0.963. The number of urea groups is 1. The van der Waals surface area contributed by atoms with Crippen molar-refractivity contribution in [3.8, 4) is 0 Å². The van der Waals surface area contributed by atoms with Gasteiger partial charge >= 0.3 is 6.03 Å². The van der Waals surface area contributed by atoms with Crippen LogP contribution >= 0.6 is 0 Å². The van der Waals surface area contributed by atoms with Crippen LogP contribution in [0.4, 0.5) is 4.79 Å². The summed E-state index contributed by atoms with van der Waals surface area (Å²) in [5, 5.41) is 3.82. The predicted molar refractivity (Wildman–Crippen MR) is 73.3 cm³/mol. The third-order valence-corrected chi connectivity index (χ3v) is 4.96. The van der Waals surface area contributed by atoms with E-state index >= 15 is 0 Å². The molecule has 2 aliphatic rings. The molecule has 2 rings (SSSR count). The number of carbonyl (C=O) groups excluding carboxylic acids is 1.